The summed E-state index contributed by atoms with van der Waals surface area (Å²) in [5, 5.41) is 3.42. The van der Waals surface area contributed by atoms with E-state index in [-0.39, 0.29) is 0 Å². The molecule has 0 aromatic heterocycles. The zero-order valence-corrected chi connectivity index (χ0v) is 10.6. The first kappa shape index (κ1) is 13.7. The van der Waals surface area contributed by atoms with Crippen LogP contribution in [0.25, 0.3) is 0 Å². The maximum absolute atomic E-state index is 5.11. The molecule has 1 aliphatic rings. The quantitative estimate of drug-likeness (QED) is 0.603. The molecular formula is C13H26N2O. The van der Waals surface area contributed by atoms with Crippen LogP contribution in [0.1, 0.15) is 19.3 Å². The molecule has 94 valence electrons. The Morgan fingerprint density at radius 2 is 2.38 bits per heavy atom. The lowest BCUT2D eigenvalue weighted by Gasteiger charge is -2.20. The molecule has 0 spiro atoms. The fraction of sp³-hybridized carbons (Fsp3) is 0.846. The highest BCUT2D eigenvalue weighted by Crippen LogP contribution is 2.14. The van der Waals surface area contributed by atoms with Crippen molar-refractivity contribution < 1.29 is 4.74 Å². The number of methoxy groups -OCH3 is 1. The third-order valence-electron chi connectivity index (χ3n) is 3.25. The SMILES string of the molecule is C=CCN(CCCC1CCNC1)CCOC. The molecule has 1 N–H and O–H groups in total. The van der Waals surface area contributed by atoms with E-state index in [9.17, 15) is 0 Å². The van der Waals surface area contributed by atoms with Crippen molar-refractivity contribution in [3.8, 4) is 0 Å². The van der Waals surface area contributed by atoms with Crippen LogP contribution >= 0.6 is 0 Å². The van der Waals surface area contributed by atoms with Crippen molar-refractivity contribution in [2.45, 2.75) is 19.3 Å². The van der Waals surface area contributed by atoms with Crippen LogP contribution in [0.5, 0.6) is 0 Å². The molecule has 0 amide bonds. The molecule has 1 atom stereocenters. The minimum absolute atomic E-state index is 0.818. The monoisotopic (exact) mass is 226 g/mol. The Morgan fingerprint density at radius 1 is 1.50 bits per heavy atom. The van der Waals surface area contributed by atoms with Crippen molar-refractivity contribution in [1.29, 1.82) is 0 Å². The van der Waals surface area contributed by atoms with Crippen molar-refractivity contribution in [2.24, 2.45) is 5.92 Å². The number of rotatable bonds is 9. The van der Waals surface area contributed by atoms with Crippen LogP contribution < -0.4 is 5.32 Å². The predicted octanol–water partition coefficient (Wildman–Crippen LogP) is 1.51. The van der Waals surface area contributed by atoms with E-state index in [2.05, 4.69) is 16.8 Å². The lowest BCUT2D eigenvalue weighted by Crippen LogP contribution is -2.29. The Balaban J connectivity index is 2.07. The fourth-order valence-corrected chi connectivity index (χ4v) is 2.26. The van der Waals surface area contributed by atoms with Gasteiger partial charge in [0, 0.05) is 20.2 Å². The molecule has 1 fully saturated rings. The molecule has 0 aromatic rings. The number of hydrogen-bond donors (Lipinski definition) is 1. The van der Waals surface area contributed by atoms with Gasteiger partial charge in [0.2, 0.25) is 0 Å². The second-order valence-electron chi connectivity index (χ2n) is 4.58. The van der Waals surface area contributed by atoms with Gasteiger partial charge in [-0.2, -0.15) is 0 Å². The van der Waals surface area contributed by atoms with Gasteiger partial charge < -0.3 is 10.1 Å². The topological polar surface area (TPSA) is 24.5 Å². The molecule has 1 rings (SSSR count). The van der Waals surface area contributed by atoms with Crippen molar-refractivity contribution in [3.05, 3.63) is 12.7 Å². The normalized spacial score (nSPS) is 20.5. The van der Waals surface area contributed by atoms with E-state index in [4.69, 9.17) is 4.74 Å². The van der Waals surface area contributed by atoms with Gasteiger partial charge in [0.1, 0.15) is 0 Å². The van der Waals surface area contributed by atoms with Crippen LogP contribution in [0.15, 0.2) is 12.7 Å². The van der Waals surface area contributed by atoms with Gasteiger partial charge in [-0.3, -0.25) is 4.90 Å². The molecule has 0 radical (unpaired) electrons. The van der Waals surface area contributed by atoms with E-state index in [0.717, 1.165) is 25.6 Å². The minimum Gasteiger partial charge on any atom is -0.383 e. The lowest BCUT2D eigenvalue weighted by molar-refractivity contribution is 0.152. The average molecular weight is 226 g/mol. The van der Waals surface area contributed by atoms with Gasteiger partial charge in [-0.05, 0) is 44.8 Å². The van der Waals surface area contributed by atoms with E-state index in [1.165, 1.54) is 38.9 Å². The van der Waals surface area contributed by atoms with Crippen LogP contribution in [0.3, 0.4) is 0 Å². The Labute approximate surface area is 99.8 Å². The first-order chi connectivity index (χ1) is 7.86. The van der Waals surface area contributed by atoms with Crippen LogP contribution in [0.4, 0.5) is 0 Å². The van der Waals surface area contributed by atoms with E-state index in [1.807, 2.05) is 6.08 Å². The Hall–Kier alpha value is -0.380. The van der Waals surface area contributed by atoms with Crippen LogP contribution in [-0.4, -0.2) is 51.3 Å². The highest BCUT2D eigenvalue weighted by molar-refractivity contribution is 4.75. The molecule has 1 unspecified atom stereocenters. The molecule has 1 aliphatic heterocycles. The van der Waals surface area contributed by atoms with Crippen LogP contribution in [0.2, 0.25) is 0 Å². The third kappa shape index (κ3) is 5.64. The van der Waals surface area contributed by atoms with Crippen LogP contribution in [0, 0.1) is 5.92 Å². The van der Waals surface area contributed by atoms with Gasteiger partial charge in [0.25, 0.3) is 0 Å². The molecule has 0 aliphatic carbocycles. The maximum atomic E-state index is 5.11. The summed E-state index contributed by atoms with van der Waals surface area (Å²) >= 11 is 0. The number of nitrogens with one attached hydrogen (secondary N) is 1. The number of ether oxygens (including phenoxy) is 1. The largest absolute Gasteiger partial charge is 0.383 e. The molecule has 0 aromatic carbocycles. The first-order valence-corrected chi connectivity index (χ1v) is 6.39. The van der Waals surface area contributed by atoms with Gasteiger partial charge in [-0.1, -0.05) is 6.08 Å². The second kappa shape index (κ2) is 8.74. The van der Waals surface area contributed by atoms with Gasteiger partial charge in [0.15, 0.2) is 0 Å². The molecule has 3 heteroatoms. The zero-order chi connectivity index (χ0) is 11.6. The zero-order valence-electron chi connectivity index (χ0n) is 10.6. The summed E-state index contributed by atoms with van der Waals surface area (Å²) in [7, 11) is 1.76. The first-order valence-electron chi connectivity index (χ1n) is 6.39. The Morgan fingerprint density at radius 3 is 3.00 bits per heavy atom. The average Bonchev–Trinajstić information content (AvgIpc) is 2.79. The molecule has 1 heterocycles. The molecule has 0 saturated carbocycles. The van der Waals surface area contributed by atoms with E-state index < -0.39 is 0 Å². The summed E-state index contributed by atoms with van der Waals surface area (Å²) in [5.41, 5.74) is 0. The van der Waals surface area contributed by atoms with E-state index in [0.29, 0.717) is 0 Å². The summed E-state index contributed by atoms with van der Waals surface area (Å²) in [5.74, 6) is 0.910. The summed E-state index contributed by atoms with van der Waals surface area (Å²) < 4.78 is 5.11. The highest BCUT2D eigenvalue weighted by atomic mass is 16.5. The van der Waals surface area contributed by atoms with E-state index >= 15 is 0 Å². The fourth-order valence-electron chi connectivity index (χ4n) is 2.26. The van der Waals surface area contributed by atoms with E-state index in [1.54, 1.807) is 7.11 Å². The molecule has 0 bridgehead atoms. The molecule has 16 heavy (non-hydrogen) atoms. The molecular weight excluding hydrogens is 200 g/mol. The number of hydrogen-bond acceptors (Lipinski definition) is 3. The molecule has 1 saturated heterocycles. The number of nitrogens with zero attached hydrogens (tertiary/aromatic N) is 1. The Kier molecular flexibility index (Phi) is 7.47. The minimum atomic E-state index is 0.818. The molecule has 3 nitrogen and oxygen atoms in total. The van der Waals surface area contributed by atoms with Gasteiger partial charge in [0.05, 0.1) is 6.61 Å². The Bertz CT molecular complexity index is 179. The smallest absolute Gasteiger partial charge is 0.0589 e. The summed E-state index contributed by atoms with van der Waals surface area (Å²) in [4.78, 5) is 2.42. The lowest BCUT2D eigenvalue weighted by atomic mass is 10.0. The summed E-state index contributed by atoms with van der Waals surface area (Å²) in [6.45, 7) is 10.2. The van der Waals surface area contributed by atoms with Crippen molar-refractivity contribution in [2.75, 3.05) is 46.4 Å². The van der Waals surface area contributed by atoms with Crippen LogP contribution in [-0.2, 0) is 4.74 Å². The predicted molar refractivity (Wildman–Crippen MR) is 68.7 cm³/mol. The third-order valence-corrected chi connectivity index (χ3v) is 3.25. The van der Waals surface area contributed by atoms with Crippen molar-refractivity contribution in [1.82, 2.24) is 10.2 Å². The van der Waals surface area contributed by atoms with Crippen molar-refractivity contribution in [3.63, 3.8) is 0 Å². The summed E-state index contributed by atoms with van der Waals surface area (Å²) in [6, 6.07) is 0. The second-order valence-corrected chi connectivity index (χ2v) is 4.58. The van der Waals surface area contributed by atoms with Gasteiger partial charge in [-0.25, -0.2) is 0 Å². The highest BCUT2D eigenvalue weighted by Gasteiger charge is 2.14. The van der Waals surface area contributed by atoms with Gasteiger partial charge in [-0.15, -0.1) is 6.58 Å². The van der Waals surface area contributed by atoms with Gasteiger partial charge >= 0.3 is 0 Å². The van der Waals surface area contributed by atoms with Crippen molar-refractivity contribution >= 4 is 0 Å². The maximum Gasteiger partial charge on any atom is 0.0589 e. The summed E-state index contributed by atoms with van der Waals surface area (Å²) in [6.07, 6.45) is 5.99. The standard InChI is InChI=1S/C13H26N2O/c1-3-8-15(10-11-16-2)9-4-5-13-6-7-14-12-13/h3,13-14H,1,4-12H2,2H3.